The fourth-order valence-corrected chi connectivity index (χ4v) is 6.41. The molecule has 1 amide bonds. The number of methoxy groups -OCH3 is 1. The summed E-state index contributed by atoms with van der Waals surface area (Å²) in [5.41, 5.74) is 3.02. The summed E-state index contributed by atoms with van der Waals surface area (Å²) in [5.74, 6) is -0.224. The normalized spacial score (nSPS) is 14.6. The largest absolute Gasteiger partial charge is 0.468 e. The number of nitrogens with zero attached hydrogens (tertiary/aromatic N) is 1. The van der Waals surface area contributed by atoms with Crippen LogP contribution in [0.2, 0.25) is 0 Å². The Labute approximate surface area is 255 Å². The monoisotopic (exact) mass is 616 g/mol. The summed E-state index contributed by atoms with van der Waals surface area (Å²) in [6.07, 6.45) is -4.37. The van der Waals surface area contributed by atoms with Crippen molar-refractivity contribution < 1.29 is 32.2 Å². The van der Waals surface area contributed by atoms with Crippen LogP contribution in [0.25, 0.3) is 31.8 Å². The Hall–Kier alpha value is -4.70. The maximum absolute atomic E-state index is 13.4. The molecule has 5 aromatic rings. The van der Waals surface area contributed by atoms with E-state index in [1.165, 1.54) is 13.2 Å². The Morgan fingerprint density at radius 2 is 1.50 bits per heavy atom. The van der Waals surface area contributed by atoms with Crippen molar-refractivity contribution in [2.24, 2.45) is 0 Å². The van der Waals surface area contributed by atoms with Crippen LogP contribution in [-0.4, -0.2) is 24.2 Å². The lowest BCUT2D eigenvalue weighted by molar-refractivity contribution is -0.143. The number of rotatable bonds is 7. The highest BCUT2D eigenvalue weighted by Gasteiger charge is 2.52. The van der Waals surface area contributed by atoms with Crippen LogP contribution in [0.5, 0.6) is 0 Å². The summed E-state index contributed by atoms with van der Waals surface area (Å²) in [4.78, 5) is 29.8. The maximum atomic E-state index is 13.4. The third kappa shape index (κ3) is 5.65. The molecule has 1 fully saturated rings. The van der Waals surface area contributed by atoms with Crippen LogP contribution in [0.3, 0.4) is 0 Å². The van der Waals surface area contributed by atoms with Crippen molar-refractivity contribution in [1.82, 2.24) is 4.98 Å². The van der Waals surface area contributed by atoms with Crippen molar-refractivity contribution in [2.75, 3.05) is 12.4 Å². The van der Waals surface area contributed by atoms with Gasteiger partial charge in [-0.15, -0.1) is 11.3 Å². The maximum Gasteiger partial charge on any atom is 0.433 e. The van der Waals surface area contributed by atoms with Gasteiger partial charge in [-0.1, -0.05) is 78.9 Å². The van der Waals surface area contributed by atoms with E-state index < -0.39 is 29.5 Å². The highest BCUT2D eigenvalue weighted by atomic mass is 32.1. The molecule has 6 nitrogen and oxygen atoms in total. The number of esters is 1. The van der Waals surface area contributed by atoms with Crippen LogP contribution in [0.1, 0.15) is 42.7 Å². The number of halogens is 3. The standard InChI is InChI=1S/C34H27F3N2O4S/c1-20(21-6-4-3-5-7-21)43-32(41)39-28-26-16-17-27(34(35,36)37)38-30(26)44-29(28)24-10-8-22(9-11-24)23-12-14-25(15-13-23)33(18-19-33)31(40)42-2/h3-17,20H,18-19H2,1-2H3,(H,39,41). The molecular formula is C34H27F3N2O4S. The quantitative estimate of drug-likeness (QED) is 0.185. The average Bonchev–Trinajstić information content (AvgIpc) is 3.77. The Morgan fingerprint density at radius 3 is 2.09 bits per heavy atom. The molecule has 0 aliphatic heterocycles. The van der Waals surface area contributed by atoms with E-state index in [9.17, 15) is 22.8 Å². The fourth-order valence-electron chi connectivity index (χ4n) is 5.27. The molecule has 10 heteroatoms. The van der Waals surface area contributed by atoms with E-state index in [0.717, 1.165) is 52.5 Å². The van der Waals surface area contributed by atoms with Gasteiger partial charge in [-0.3, -0.25) is 10.1 Å². The third-order valence-electron chi connectivity index (χ3n) is 7.87. The van der Waals surface area contributed by atoms with Gasteiger partial charge in [-0.05, 0) is 59.7 Å². The van der Waals surface area contributed by atoms with Crippen LogP contribution in [0, 0.1) is 0 Å². The van der Waals surface area contributed by atoms with Gasteiger partial charge >= 0.3 is 18.2 Å². The zero-order valence-corrected chi connectivity index (χ0v) is 24.6. The number of hydrogen-bond donors (Lipinski definition) is 1. The molecule has 2 heterocycles. The zero-order valence-electron chi connectivity index (χ0n) is 23.8. The number of ether oxygens (including phenoxy) is 2. The Bertz CT molecular complexity index is 1830. The van der Waals surface area contributed by atoms with Crippen molar-refractivity contribution in [2.45, 2.75) is 37.5 Å². The molecule has 1 atom stereocenters. The number of nitrogens with one attached hydrogen (secondary N) is 1. The van der Waals surface area contributed by atoms with Gasteiger partial charge in [-0.25, -0.2) is 9.78 Å². The molecule has 0 radical (unpaired) electrons. The number of pyridine rings is 1. The van der Waals surface area contributed by atoms with Crippen LogP contribution in [0.4, 0.5) is 23.7 Å². The first kappa shape index (κ1) is 29.4. The van der Waals surface area contributed by atoms with Gasteiger partial charge in [0.2, 0.25) is 0 Å². The van der Waals surface area contributed by atoms with Crippen LogP contribution in [0.15, 0.2) is 91.0 Å². The summed E-state index contributed by atoms with van der Waals surface area (Å²) in [7, 11) is 1.40. The predicted octanol–water partition coefficient (Wildman–Crippen LogP) is 9.16. The van der Waals surface area contributed by atoms with Gasteiger partial charge in [-0.2, -0.15) is 13.2 Å². The molecule has 1 unspecified atom stereocenters. The molecular weight excluding hydrogens is 589 g/mol. The number of carbonyl (C=O) groups is 2. The summed E-state index contributed by atoms with van der Waals surface area (Å²) < 4.78 is 50.9. The van der Waals surface area contributed by atoms with Crippen molar-refractivity contribution in [1.29, 1.82) is 0 Å². The minimum absolute atomic E-state index is 0.139. The highest BCUT2D eigenvalue weighted by molar-refractivity contribution is 7.22. The second kappa shape index (κ2) is 11.4. The number of hydrogen-bond acceptors (Lipinski definition) is 6. The van der Waals surface area contributed by atoms with E-state index in [1.54, 1.807) is 6.92 Å². The van der Waals surface area contributed by atoms with Gasteiger partial charge in [0.05, 0.1) is 23.1 Å². The second-order valence-electron chi connectivity index (χ2n) is 10.7. The van der Waals surface area contributed by atoms with E-state index in [2.05, 4.69) is 10.3 Å². The summed E-state index contributed by atoms with van der Waals surface area (Å²) in [6, 6.07) is 26.7. The third-order valence-corrected chi connectivity index (χ3v) is 9.02. The van der Waals surface area contributed by atoms with E-state index in [1.807, 2.05) is 78.9 Å². The number of anilines is 1. The number of aromatic nitrogens is 1. The van der Waals surface area contributed by atoms with Gasteiger partial charge in [0, 0.05) is 5.39 Å². The minimum atomic E-state index is -4.61. The molecule has 0 spiro atoms. The van der Waals surface area contributed by atoms with E-state index >= 15 is 0 Å². The van der Waals surface area contributed by atoms with Gasteiger partial charge in [0.15, 0.2) is 0 Å². The molecule has 44 heavy (non-hydrogen) atoms. The smallest absolute Gasteiger partial charge is 0.433 e. The Balaban J connectivity index is 1.30. The molecule has 6 rings (SSSR count). The van der Waals surface area contributed by atoms with Crippen LogP contribution in [-0.2, 0) is 25.9 Å². The van der Waals surface area contributed by atoms with E-state index in [-0.39, 0.29) is 10.8 Å². The number of benzene rings is 3. The second-order valence-corrected chi connectivity index (χ2v) is 11.7. The lowest BCUT2D eigenvalue weighted by atomic mass is 9.93. The topological polar surface area (TPSA) is 77.5 Å². The Morgan fingerprint density at radius 1 is 0.886 bits per heavy atom. The average molecular weight is 617 g/mol. The first-order valence-electron chi connectivity index (χ1n) is 13.9. The van der Waals surface area contributed by atoms with Crippen molar-refractivity contribution in [3.8, 4) is 21.6 Å². The van der Waals surface area contributed by atoms with E-state index in [4.69, 9.17) is 9.47 Å². The lowest BCUT2D eigenvalue weighted by Crippen LogP contribution is -2.21. The highest BCUT2D eigenvalue weighted by Crippen LogP contribution is 2.49. The van der Waals surface area contributed by atoms with Crippen molar-refractivity contribution >= 4 is 39.3 Å². The SMILES string of the molecule is COC(=O)C1(c2ccc(-c3ccc(-c4sc5nc(C(F)(F)F)ccc5c4NC(=O)OC(C)c4ccccc4)cc3)cc2)CC1. The molecule has 1 N–H and O–H groups in total. The fraction of sp³-hybridized carbons (Fsp3) is 0.206. The first-order chi connectivity index (χ1) is 21.1. The van der Waals surface area contributed by atoms with E-state index in [0.29, 0.717) is 21.5 Å². The summed E-state index contributed by atoms with van der Waals surface area (Å²) in [5, 5.41) is 3.14. The number of thiophene rings is 1. The minimum Gasteiger partial charge on any atom is -0.468 e. The molecule has 3 aromatic carbocycles. The molecule has 224 valence electrons. The van der Waals surface area contributed by atoms with Crippen LogP contribution < -0.4 is 5.32 Å². The summed E-state index contributed by atoms with van der Waals surface area (Å²) >= 11 is 1.06. The number of amides is 1. The van der Waals surface area contributed by atoms with Gasteiger partial charge < -0.3 is 9.47 Å². The zero-order chi connectivity index (χ0) is 31.1. The van der Waals surface area contributed by atoms with Gasteiger partial charge in [0.1, 0.15) is 16.6 Å². The molecule has 2 aromatic heterocycles. The summed E-state index contributed by atoms with van der Waals surface area (Å²) in [6.45, 7) is 1.74. The Kier molecular flexibility index (Phi) is 7.63. The molecule has 1 saturated carbocycles. The number of carbonyl (C=O) groups excluding carboxylic acids is 2. The number of alkyl halides is 3. The molecule has 0 bridgehead atoms. The first-order valence-corrected chi connectivity index (χ1v) is 14.7. The van der Waals surface area contributed by atoms with Crippen LogP contribution >= 0.6 is 11.3 Å². The molecule has 1 aliphatic rings. The van der Waals surface area contributed by atoms with Crippen molar-refractivity contribution in [3.63, 3.8) is 0 Å². The van der Waals surface area contributed by atoms with Crippen molar-refractivity contribution in [3.05, 3.63) is 108 Å². The number of fused-ring (bicyclic) bond motifs is 1. The molecule has 1 aliphatic carbocycles. The lowest BCUT2D eigenvalue weighted by Gasteiger charge is -2.15. The molecule has 0 saturated heterocycles. The predicted molar refractivity (Wildman–Crippen MR) is 163 cm³/mol. The van der Waals surface area contributed by atoms with Gasteiger partial charge in [0.25, 0.3) is 0 Å².